The van der Waals surface area contributed by atoms with Crippen LogP contribution in [0.3, 0.4) is 0 Å². The standard InChI is InChI=1S/C19H22N2O3/c20-13-16(12-15-8-4-3-5-9-15)19(23)24-14-18(22)21-17-10-6-1-2-7-11-17/h3-5,8-9,12,17H,1-2,6-7,10-11,14H2,(H,21,22). The van der Waals surface area contributed by atoms with Crippen LogP contribution >= 0.6 is 0 Å². The minimum absolute atomic E-state index is 0.122. The molecule has 0 atom stereocenters. The van der Waals surface area contributed by atoms with Gasteiger partial charge in [-0.3, -0.25) is 4.79 Å². The highest BCUT2D eigenvalue weighted by Gasteiger charge is 2.17. The summed E-state index contributed by atoms with van der Waals surface area (Å²) in [7, 11) is 0. The van der Waals surface area contributed by atoms with Gasteiger partial charge in [0.15, 0.2) is 6.61 Å². The van der Waals surface area contributed by atoms with E-state index in [2.05, 4.69) is 5.32 Å². The minimum Gasteiger partial charge on any atom is -0.451 e. The molecule has 5 nitrogen and oxygen atoms in total. The first-order valence-electron chi connectivity index (χ1n) is 8.32. The topological polar surface area (TPSA) is 79.2 Å². The molecule has 5 heteroatoms. The van der Waals surface area contributed by atoms with Gasteiger partial charge < -0.3 is 10.1 Å². The lowest BCUT2D eigenvalue weighted by Gasteiger charge is -2.16. The number of nitrogens with zero attached hydrogens (tertiary/aromatic N) is 1. The van der Waals surface area contributed by atoms with Crippen LogP contribution in [0.25, 0.3) is 6.08 Å². The van der Waals surface area contributed by atoms with Crippen molar-refractivity contribution >= 4 is 18.0 Å². The molecule has 24 heavy (non-hydrogen) atoms. The van der Waals surface area contributed by atoms with Crippen LogP contribution < -0.4 is 5.32 Å². The van der Waals surface area contributed by atoms with Crippen molar-refractivity contribution in [1.82, 2.24) is 5.32 Å². The van der Waals surface area contributed by atoms with Gasteiger partial charge in [0.05, 0.1) is 0 Å². The smallest absolute Gasteiger partial charge is 0.349 e. The summed E-state index contributed by atoms with van der Waals surface area (Å²) in [5.74, 6) is -1.09. The van der Waals surface area contributed by atoms with Crippen molar-refractivity contribution in [2.75, 3.05) is 6.61 Å². The highest BCUT2D eigenvalue weighted by atomic mass is 16.5. The van der Waals surface area contributed by atoms with E-state index in [9.17, 15) is 9.59 Å². The first kappa shape index (κ1) is 17.7. The van der Waals surface area contributed by atoms with Gasteiger partial charge in [0.2, 0.25) is 0 Å². The van der Waals surface area contributed by atoms with E-state index in [1.807, 2.05) is 24.3 Å². The minimum atomic E-state index is -0.780. The summed E-state index contributed by atoms with van der Waals surface area (Å²) >= 11 is 0. The first-order valence-corrected chi connectivity index (χ1v) is 8.32. The van der Waals surface area contributed by atoms with Gasteiger partial charge in [-0.2, -0.15) is 5.26 Å². The second kappa shape index (κ2) is 9.51. The molecule has 1 amide bonds. The number of carbonyl (C=O) groups is 2. The second-order valence-corrected chi connectivity index (χ2v) is 5.91. The molecular weight excluding hydrogens is 304 g/mol. The average molecular weight is 326 g/mol. The van der Waals surface area contributed by atoms with Gasteiger partial charge in [-0.25, -0.2) is 4.79 Å². The number of amides is 1. The number of esters is 1. The van der Waals surface area contributed by atoms with Crippen LogP contribution in [0.15, 0.2) is 35.9 Å². The molecule has 2 rings (SSSR count). The summed E-state index contributed by atoms with van der Waals surface area (Å²) in [6.07, 6.45) is 8.03. The summed E-state index contributed by atoms with van der Waals surface area (Å²) in [6, 6.07) is 11.0. The summed E-state index contributed by atoms with van der Waals surface area (Å²) in [5, 5.41) is 12.0. The van der Waals surface area contributed by atoms with Crippen molar-refractivity contribution in [2.45, 2.75) is 44.6 Å². The zero-order valence-corrected chi connectivity index (χ0v) is 13.7. The Morgan fingerprint density at radius 3 is 2.46 bits per heavy atom. The quantitative estimate of drug-likeness (QED) is 0.390. The Hall–Kier alpha value is -2.61. The lowest BCUT2D eigenvalue weighted by Crippen LogP contribution is -2.37. The van der Waals surface area contributed by atoms with Gasteiger partial charge in [-0.1, -0.05) is 56.0 Å². The third-order valence-electron chi connectivity index (χ3n) is 4.01. The Morgan fingerprint density at radius 2 is 1.83 bits per heavy atom. The maximum absolute atomic E-state index is 11.9. The number of nitriles is 1. The fourth-order valence-corrected chi connectivity index (χ4v) is 2.75. The highest BCUT2D eigenvalue weighted by Crippen LogP contribution is 2.17. The highest BCUT2D eigenvalue weighted by molar-refractivity contribution is 5.98. The van der Waals surface area contributed by atoms with Gasteiger partial charge in [-0.15, -0.1) is 0 Å². The van der Waals surface area contributed by atoms with E-state index in [4.69, 9.17) is 10.00 Å². The normalized spacial score (nSPS) is 15.9. The average Bonchev–Trinajstić information content (AvgIpc) is 2.87. The molecule has 1 aromatic rings. The van der Waals surface area contributed by atoms with Crippen molar-refractivity contribution in [3.63, 3.8) is 0 Å². The van der Waals surface area contributed by atoms with E-state index in [0.717, 1.165) is 31.2 Å². The van der Waals surface area contributed by atoms with Gasteiger partial charge in [0.1, 0.15) is 11.6 Å². The Balaban J connectivity index is 1.83. The number of hydrogen-bond acceptors (Lipinski definition) is 4. The molecule has 0 aliphatic heterocycles. The van der Waals surface area contributed by atoms with Crippen LogP contribution in [0.5, 0.6) is 0 Å². The van der Waals surface area contributed by atoms with Crippen molar-refractivity contribution in [2.24, 2.45) is 0 Å². The lowest BCUT2D eigenvalue weighted by atomic mass is 10.1. The molecule has 1 N–H and O–H groups in total. The summed E-state index contributed by atoms with van der Waals surface area (Å²) in [5.41, 5.74) is 0.609. The van der Waals surface area contributed by atoms with E-state index < -0.39 is 5.97 Å². The molecule has 1 aliphatic rings. The Morgan fingerprint density at radius 1 is 1.17 bits per heavy atom. The van der Waals surface area contributed by atoms with Crippen LogP contribution in [0, 0.1) is 11.3 Å². The van der Waals surface area contributed by atoms with Gasteiger partial charge in [0, 0.05) is 6.04 Å². The third-order valence-corrected chi connectivity index (χ3v) is 4.01. The summed E-state index contributed by atoms with van der Waals surface area (Å²) < 4.78 is 4.96. The maximum Gasteiger partial charge on any atom is 0.349 e. The first-order chi connectivity index (χ1) is 11.7. The zero-order chi connectivity index (χ0) is 17.2. The van der Waals surface area contributed by atoms with E-state index in [1.54, 1.807) is 12.1 Å². The number of carbonyl (C=O) groups excluding carboxylic acids is 2. The molecule has 1 aliphatic carbocycles. The number of rotatable bonds is 5. The number of benzene rings is 1. The number of hydrogen-bond donors (Lipinski definition) is 1. The molecule has 0 spiro atoms. The van der Waals surface area contributed by atoms with Crippen LogP contribution in [0.4, 0.5) is 0 Å². The second-order valence-electron chi connectivity index (χ2n) is 5.91. The van der Waals surface area contributed by atoms with Crippen LogP contribution in [-0.4, -0.2) is 24.5 Å². The fourth-order valence-electron chi connectivity index (χ4n) is 2.75. The molecular formula is C19H22N2O3. The molecule has 1 saturated carbocycles. The van der Waals surface area contributed by atoms with Crippen molar-refractivity contribution in [3.05, 3.63) is 41.5 Å². The Bertz CT molecular complexity index is 624. The predicted molar refractivity (Wildman–Crippen MR) is 90.6 cm³/mol. The molecule has 0 heterocycles. The largest absolute Gasteiger partial charge is 0.451 e. The number of ether oxygens (including phenoxy) is 1. The molecule has 1 aromatic carbocycles. The van der Waals surface area contributed by atoms with Crippen LogP contribution in [0.2, 0.25) is 0 Å². The Kier molecular flexibility index (Phi) is 7.03. The van der Waals surface area contributed by atoms with E-state index in [1.165, 1.54) is 18.9 Å². The summed E-state index contributed by atoms with van der Waals surface area (Å²) in [6.45, 7) is -0.358. The van der Waals surface area contributed by atoms with Gasteiger partial charge >= 0.3 is 5.97 Å². The van der Waals surface area contributed by atoms with E-state index in [-0.39, 0.29) is 24.1 Å². The monoisotopic (exact) mass is 326 g/mol. The predicted octanol–water partition coefficient (Wildman–Crippen LogP) is 2.98. The molecule has 0 saturated heterocycles. The number of nitrogens with one attached hydrogen (secondary N) is 1. The maximum atomic E-state index is 11.9. The SMILES string of the molecule is N#CC(=Cc1ccccc1)C(=O)OCC(=O)NC1CCCCCC1. The molecule has 1 fully saturated rings. The Labute approximate surface area is 142 Å². The molecule has 0 unspecified atom stereocenters. The van der Waals surface area contributed by atoms with Crippen LogP contribution in [0.1, 0.15) is 44.1 Å². The molecule has 0 aromatic heterocycles. The zero-order valence-electron chi connectivity index (χ0n) is 13.7. The van der Waals surface area contributed by atoms with Gasteiger partial charge in [-0.05, 0) is 24.5 Å². The fraction of sp³-hybridized carbons (Fsp3) is 0.421. The van der Waals surface area contributed by atoms with Crippen molar-refractivity contribution < 1.29 is 14.3 Å². The molecule has 0 bridgehead atoms. The lowest BCUT2D eigenvalue weighted by molar-refractivity contribution is -0.144. The summed E-state index contributed by atoms with van der Waals surface area (Å²) in [4.78, 5) is 23.8. The van der Waals surface area contributed by atoms with E-state index in [0.29, 0.717) is 0 Å². The third kappa shape index (κ3) is 5.88. The van der Waals surface area contributed by atoms with Crippen molar-refractivity contribution in [1.29, 1.82) is 5.26 Å². The van der Waals surface area contributed by atoms with Crippen molar-refractivity contribution in [3.8, 4) is 6.07 Å². The van der Waals surface area contributed by atoms with Crippen LogP contribution in [-0.2, 0) is 14.3 Å². The molecule has 0 radical (unpaired) electrons. The van der Waals surface area contributed by atoms with E-state index >= 15 is 0 Å². The molecule has 126 valence electrons. The van der Waals surface area contributed by atoms with Gasteiger partial charge in [0.25, 0.3) is 5.91 Å².